The third-order valence-electron chi connectivity index (χ3n) is 2.39. The monoisotopic (exact) mass is 272 g/mol. The smallest absolute Gasteiger partial charge is 0.242 e. The molecule has 0 bridgehead atoms. The summed E-state index contributed by atoms with van der Waals surface area (Å²) >= 11 is 0. The Morgan fingerprint density at radius 1 is 1.42 bits per heavy atom. The number of benzene rings is 1. The SMILES string of the molecule is COCC(NC(=O)Cc1cccc(F)c1F)C(N)=O. The molecule has 3 N–H and O–H groups in total. The van der Waals surface area contributed by atoms with Gasteiger partial charge in [0.15, 0.2) is 11.6 Å². The second-order valence-corrected chi connectivity index (χ2v) is 3.87. The van der Waals surface area contributed by atoms with Crippen molar-refractivity contribution in [1.29, 1.82) is 0 Å². The van der Waals surface area contributed by atoms with Crippen molar-refractivity contribution in [3.05, 3.63) is 35.4 Å². The van der Waals surface area contributed by atoms with Crippen LogP contribution in [0, 0.1) is 11.6 Å². The minimum absolute atomic E-state index is 0.0906. The number of primary amides is 1. The Kier molecular flexibility index (Phi) is 5.37. The second-order valence-electron chi connectivity index (χ2n) is 3.87. The Hall–Kier alpha value is -2.02. The Morgan fingerprint density at radius 3 is 2.68 bits per heavy atom. The first-order valence-corrected chi connectivity index (χ1v) is 5.46. The van der Waals surface area contributed by atoms with Crippen LogP contribution in [0.4, 0.5) is 8.78 Å². The Bertz CT molecular complexity index is 480. The summed E-state index contributed by atoms with van der Waals surface area (Å²) in [6.45, 7) is -0.0906. The van der Waals surface area contributed by atoms with Crippen LogP contribution in [-0.4, -0.2) is 31.6 Å². The summed E-state index contributed by atoms with van der Waals surface area (Å²) in [5, 5.41) is 2.28. The summed E-state index contributed by atoms with van der Waals surface area (Å²) in [7, 11) is 1.34. The zero-order chi connectivity index (χ0) is 14.4. The minimum Gasteiger partial charge on any atom is -0.382 e. The number of nitrogens with one attached hydrogen (secondary N) is 1. The molecule has 0 saturated heterocycles. The lowest BCUT2D eigenvalue weighted by atomic mass is 10.1. The van der Waals surface area contributed by atoms with E-state index in [1.807, 2.05) is 0 Å². The van der Waals surface area contributed by atoms with Gasteiger partial charge in [0, 0.05) is 12.7 Å². The summed E-state index contributed by atoms with van der Waals surface area (Å²) in [5.41, 5.74) is 4.95. The van der Waals surface area contributed by atoms with Gasteiger partial charge in [-0.1, -0.05) is 12.1 Å². The normalized spacial score (nSPS) is 11.9. The first kappa shape index (κ1) is 15.0. The van der Waals surface area contributed by atoms with E-state index in [1.165, 1.54) is 19.2 Å². The van der Waals surface area contributed by atoms with Gasteiger partial charge in [0.1, 0.15) is 6.04 Å². The molecule has 0 aliphatic carbocycles. The first-order chi connectivity index (χ1) is 8.95. The molecule has 0 aliphatic heterocycles. The van der Waals surface area contributed by atoms with E-state index < -0.39 is 35.9 Å². The maximum atomic E-state index is 13.3. The molecule has 5 nitrogen and oxygen atoms in total. The molecule has 0 heterocycles. The van der Waals surface area contributed by atoms with Crippen LogP contribution in [0.1, 0.15) is 5.56 Å². The molecule has 0 spiro atoms. The van der Waals surface area contributed by atoms with Gasteiger partial charge in [-0.2, -0.15) is 0 Å². The van der Waals surface area contributed by atoms with E-state index in [4.69, 9.17) is 10.5 Å². The molecule has 1 unspecified atom stereocenters. The molecule has 7 heteroatoms. The van der Waals surface area contributed by atoms with Gasteiger partial charge in [-0.25, -0.2) is 8.78 Å². The van der Waals surface area contributed by atoms with Gasteiger partial charge in [0.05, 0.1) is 13.0 Å². The number of nitrogens with two attached hydrogens (primary N) is 1. The lowest BCUT2D eigenvalue weighted by Crippen LogP contribution is -2.47. The number of amides is 2. The zero-order valence-electron chi connectivity index (χ0n) is 10.3. The molecule has 19 heavy (non-hydrogen) atoms. The van der Waals surface area contributed by atoms with Crippen molar-refractivity contribution in [1.82, 2.24) is 5.32 Å². The summed E-state index contributed by atoms with van der Waals surface area (Å²) in [6.07, 6.45) is -0.392. The topological polar surface area (TPSA) is 81.4 Å². The fourth-order valence-electron chi connectivity index (χ4n) is 1.46. The predicted octanol–water partition coefficient (Wildman–Crippen LogP) is 0.124. The molecule has 0 saturated carbocycles. The molecule has 1 atom stereocenters. The number of ether oxygens (including phenoxy) is 1. The highest BCUT2D eigenvalue weighted by Crippen LogP contribution is 2.11. The number of rotatable bonds is 6. The van der Waals surface area contributed by atoms with Crippen LogP contribution in [-0.2, 0) is 20.7 Å². The molecule has 0 aromatic heterocycles. The van der Waals surface area contributed by atoms with Crippen molar-refractivity contribution in [2.45, 2.75) is 12.5 Å². The van der Waals surface area contributed by atoms with E-state index >= 15 is 0 Å². The molecule has 0 fully saturated rings. The van der Waals surface area contributed by atoms with E-state index in [2.05, 4.69) is 5.32 Å². The molecule has 0 radical (unpaired) electrons. The summed E-state index contributed by atoms with van der Waals surface area (Å²) in [4.78, 5) is 22.6. The van der Waals surface area contributed by atoms with Crippen LogP contribution < -0.4 is 11.1 Å². The second kappa shape index (κ2) is 6.79. The van der Waals surface area contributed by atoms with Gasteiger partial charge in [0.2, 0.25) is 11.8 Å². The van der Waals surface area contributed by atoms with Gasteiger partial charge in [-0.15, -0.1) is 0 Å². The molecule has 1 aromatic rings. The molecule has 2 amide bonds. The summed E-state index contributed by atoms with van der Waals surface area (Å²) in [5.74, 6) is -3.53. The van der Waals surface area contributed by atoms with Gasteiger partial charge in [0.25, 0.3) is 0 Å². The van der Waals surface area contributed by atoms with Crippen LogP contribution in [0.25, 0.3) is 0 Å². The highest BCUT2D eigenvalue weighted by Gasteiger charge is 2.19. The van der Waals surface area contributed by atoms with Gasteiger partial charge >= 0.3 is 0 Å². The molecule has 104 valence electrons. The van der Waals surface area contributed by atoms with Gasteiger partial charge in [-0.05, 0) is 6.07 Å². The van der Waals surface area contributed by atoms with E-state index in [-0.39, 0.29) is 12.2 Å². The third-order valence-corrected chi connectivity index (χ3v) is 2.39. The third kappa shape index (κ3) is 4.29. The van der Waals surface area contributed by atoms with Crippen molar-refractivity contribution >= 4 is 11.8 Å². The van der Waals surface area contributed by atoms with Crippen LogP contribution in [0.3, 0.4) is 0 Å². The fraction of sp³-hybridized carbons (Fsp3) is 0.333. The van der Waals surface area contributed by atoms with Gasteiger partial charge in [-0.3, -0.25) is 9.59 Å². The molecular weight excluding hydrogens is 258 g/mol. The number of carbonyl (C=O) groups excluding carboxylic acids is 2. The standard InChI is InChI=1S/C12H14F2N2O3/c1-19-6-9(12(15)18)16-10(17)5-7-3-2-4-8(13)11(7)14/h2-4,9H,5-6H2,1H3,(H2,15,18)(H,16,17). The van der Waals surface area contributed by atoms with E-state index in [0.717, 1.165) is 6.07 Å². The van der Waals surface area contributed by atoms with E-state index in [9.17, 15) is 18.4 Å². The Labute approximate surface area is 108 Å². The average Bonchev–Trinajstić information content (AvgIpc) is 2.34. The predicted molar refractivity (Wildman–Crippen MR) is 63.1 cm³/mol. The average molecular weight is 272 g/mol. The van der Waals surface area contributed by atoms with Crippen LogP contribution in [0.2, 0.25) is 0 Å². The number of hydrogen-bond donors (Lipinski definition) is 2. The lowest BCUT2D eigenvalue weighted by Gasteiger charge is -2.14. The van der Waals surface area contributed by atoms with Crippen LogP contribution >= 0.6 is 0 Å². The fourth-order valence-corrected chi connectivity index (χ4v) is 1.46. The molecule has 1 rings (SSSR count). The number of halogens is 2. The largest absolute Gasteiger partial charge is 0.382 e. The number of hydrogen-bond acceptors (Lipinski definition) is 3. The molecule has 1 aromatic carbocycles. The maximum Gasteiger partial charge on any atom is 0.242 e. The van der Waals surface area contributed by atoms with Gasteiger partial charge < -0.3 is 15.8 Å². The highest BCUT2D eigenvalue weighted by molar-refractivity contribution is 5.87. The minimum atomic E-state index is -1.08. The maximum absolute atomic E-state index is 13.3. The zero-order valence-corrected chi connectivity index (χ0v) is 10.3. The summed E-state index contributed by atoms with van der Waals surface area (Å²) < 4.78 is 31.0. The van der Waals surface area contributed by atoms with E-state index in [0.29, 0.717) is 0 Å². The van der Waals surface area contributed by atoms with Crippen LogP contribution in [0.15, 0.2) is 18.2 Å². The Balaban J connectivity index is 2.69. The molecule has 0 aliphatic rings. The van der Waals surface area contributed by atoms with Crippen molar-refractivity contribution in [2.24, 2.45) is 5.73 Å². The number of carbonyl (C=O) groups is 2. The van der Waals surface area contributed by atoms with Crippen molar-refractivity contribution in [3.8, 4) is 0 Å². The van der Waals surface area contributed by atoms with Crippen LogP contribution in [0.5, 0.6) is 0 Å². The number of methoxy groups -OCH3 is 1. The quantitative estimate of drug-likeness (QED) is 0.772. The lowest BCUT2D eigenvalue weighted by molar-refractivity contribution is -0.128. The highest BCUT2D eigenvalue weighted by atomic mass is 19.2. The van der Waals surface area contributed by atoms with Crippen molar-refractivity contribution in [2.75, 3.05) is 13.7 Å². The molecular formula is C12H14F2N2O3. The Morgan fingerprint density at radius 2 is 2.11 bits per heavy atom. The van der Waals surface area contributed by atoms with Crippen molar-refractivity contribution < 1.29 is 23.1 Å². The summed E-state index contributed by atoms with van der Waals surface area (Å²) in [6, 6.07) is 2.53. The first-order valence-electron chi connectivity index (χ1n) is 5.46. The van der Waals surface area contributed by atoms with Crippen molar-refractivity contribution in [3.63, 3.8) is 0 Å². The van der Waals surface area contributed by atoms with E-state index in [1.54, 1.807) is 0 Å².